The van der Waals surface area contributed by atoms with Gasteiger partial charge in [0.15, 0.2) is 11.5 Å². The van der Waals surface area contributed by atoms with Gasteiger partial charge in [-0.25, -0.2) is 5.10 Å². The van der Waals surface area contributed by atoms with E-state index in [2.05, 4.69) is 25.7 Å². The predicted octanol–water partition coefficient (Wildman–Crippen LogP) is 2.81. The molecule has 1 aliphatic heterocycles. The Balaban J connectivity index is 1.41. The van der Waals surface area contributed by atoms with Crippen molar-refractivity contribution in [2.75, 3.05) is 12.1 Å². The minimum atomic E-state index is -0.317. The number of nitrogens with one attached hydrogen (secondary N) is 3. The molecule has 0 unspecified atom stereocenters. The molecule has 148 valence electrons. The molecule has 1 amide bonds. The Morgan fingerprint density at radius 1 is 0.967 bits per heavy atom. The summed E-state index contributed by atoms with van der Waals surface area (Å²) in [4.78, 5) is 24.1. The van der Waals surface area contributed by atoms with Crippen LogP contribution >= 0.6 is 0 Å². The molecule has 3 heterocycles. The Kier molecular flexibility index (Phi) is 4.25. The van der Waals surface area contributed by atoms with E-state index in [4.69, 9.17) is 9.47 Å². The van der Waals surface area contributed by atoms with Gasteiger partial charge in [-0.3, -0.25) is 14.7 Å². The lowest BCUT2D eigenvalue weighted by molar-refractivity contribution is 0.102. The average Bonchev–Trinajstić information content (AvgIpc) is 3.43. The Morgan fingerprint density at radius 3 is 2.73 bits per heavy atom. The first-order valence-electron chi connectivity index (χ1n) is 9.08. The van der Waals surface area contributed by atoms with Crippen LogP contribution in [0.2, 0.25) is 0 Å². The van der Waals surface area contributed by atoms with Crippen LogP contribution in [0.5, 0.6) is 11.5 Å². The second-order valence-electron chi connectivity index (χ2n) is 6.57. The number of aromatic amines is 2. The second kappa shape index (κ2) is 7.21. The SMILES string of the molecule is O=C(Nc1cccc(-c2ccc(=O)[nH]n2)c1)c1cn[nH]c1-c1ccc2c(c1)OCO2. The Morgan fingerprint density at radius 2 is 1.87 bits per heavy atom. The molecule has 2 aromatic carbocycles. The number of anilines is 1. The van der Waals surface area contributed by atoms with Gasteiger partial charge < -0.3 is 14.8 Å². The van der Waals surface area contributed by atoms with Gasteiger partial charge >= 0.3 is 0 Å². The summed E-state index contributed by atoms with van der Waals surface area (Å²) in [5.41, 5.74) is 3.38. The lowest BCUT2D eigenvalue weighted by Gasteiger charge is -2.08. The van der Waals surface area contributed by atoms with Gasteiger partial charge in [0, 0.05) is 22.9 Å². The van der Waals surface area contributed by atoms with Crippen LogP contribution in [-0.4, -0.2) is 33.1 Å². The van der Waals surface area contributed by atoms with E-state index < -0.39 is 0 Å². The molecular weight excluding hydrogens is 386 g/mol. The maximum Gasteiger partial charge on any atom is 0.264 e. The summed E-state index contributed by atoms with van der Waals surface area (Å²) in [5, 5.41) is 16.2. The fraction of sp³-hybridized carbons (Fsp3) is 0.0476. The van der Waals surface area contributed by atoms with Crippen LogP contribution < -0.4 is 20.3 Å². The minimum Gasteiger partial charge on any atom is -0.454 e. The maximum atomic E-state index is 12.9. The van der Waals surface area contributed by atoms with E-state index in [1.807, 2.05) is 12.1 Å². The highest BCUT2D eigenvalue weighted by Gasteiger charge is 2.19. The average molecular weight is 401 g/mol. The largest absolute Gasteiger partial charge is 0.454 e. The number of amides is 1. The number of carbonyl (C=O) groups is 1. The molecule has 4 aromatic rings. The Hall–Kier alpha value is -4.40. The molecule has 1 aliphatic rings. The van der Waals surface area contributed by atoms with Crippen LogP contribution in [0.15, 0.2) is 65.6 Å². The van der Waals surface area contributed by atoms with E-state index in [0.29, 0.717) is 34.1 Å². The quantitative estimate of drug-likeness (QED) is 0.483. The van der Waals surface area contributed by atoms with Gasteiger partial charge in [0.25, 0.3) is 11.5 Å². The minimum absolute atomic E-state index is 0.176. The standard InChI is InChI=1S/C21H15N5O4/c27-19-7-5-16(24-25-19)12-2-1-3-14(8-12)23-21(28)15-10-22-26-20(15)13-4-6-17-18(9-13)30-11-29-17/h1-10H,11H2,(H,22,26)(H,23,28)(H,25,27). The second-order valence-corrected chi connectivity index (χ2v) is 6.57. The van der Waals surface area contributed by atoms with Crippen molar-refractivity contribution < 1.29 is 14.3 Å². The topological polar surface area (TPSA) is 122 Å². The van der Waals surface area contributed by atoms with Crippen LogP contribution in [0, 0.1) is 0 Å². The molecule has 30 heavy (non-hydrogen) atoms. The lowest BCUT2D eigenvalue weighted by atomic mass is 10.1. The van der Waals surface area contributed by atoms with Crippen molar-refractivity contribution in [3.05, 3.63) is 76.7 Å². The predicted molar refractivity (Wildman–Crippen MR) is 108 cm³/mol. The molecule has 0 saturated carbocycles. The highest BCUT2D eigenvalue weighted by atomic mass is 16.7. The van der Waals surface area contributed by atoms with E-state index in [1.165, 1.54) is 12.3 Å². The highest BCUT2D eigenvalue weighted by Crippen LogP contribution is 2.36. The number of H-pyrrole nitrogens is 2. The smallest absolute Gasteiger partial charge is 0.264 e. The van der Waals surface area contributed by atoms with Crippen molar-refractivity contribution in [1.82, 2.24) is 20.4 Å². The van der Waals surface area contributed by atoms with Crippen molar-refractivity contribution in [3.8, 4) is 34.0 Å². The zero-order valence-corrected chi connectivity index (χ0v) is 15.5. The molecule has 5 rings (SSSR count). The first-order valence-corrected chi connectivity index (χ1v) is 9.08. The molecule has 2 aromatic heterocycles. The van der Waals surface area contributed by atoms with Crippen LogP contribution in [0.4, 0.5) is 5.69 Å². The van der Waals surface area contributed by atoms with E-state index in [-0.39, 0.29) is 18.3 Å². The third kappa shape index (κ3) is 3.28. The molecule has 0 aliphatic carbocycles. The highest BCUT2D eigenvalue weighted by molar-refractivity contribution is 6.08. The van der Waals surface area contributed by atoms with Gasteiger partial charge in [0.1, 0.15) is 0 Å². The fourth-order valence-corrected chi connectivity index (χ4v) is 3.19. The Labute approximate surface area is 169 Å². The van der Waals surface area contributed by atoms with Gasteiger partial charge in [-0.2, -0.15) is 10.2 Å². The summed E-state index contributed by atoms with van der Waals surface area (Å²) in [6, 6.07) is 15.6. The molecule has 0 fully saturated rings. The number of rotatable bonds is 4. The number of fused-ring (bicyclic) bond motifs is 1. The maximum absolute atomic E-state index is 12.9. The molecule has 0 radical (unpaired) electrons. The van der Waals surface area contributed by atoms with Crippen molar-refractivity contribution in [2.45, 2.75) is 0 Å². The van der Waals surface area contributed by atoms with E-state index >= 15 is 0 Å². The van der Waals surface area contributed by atoms with Crippen LogP contribution in [0.1, 0.15) is 10.4 Å². The van der Waals surface area contributed by atoms with E-state index in [1.54, 1.807) is 36.4 Å². The molecule has 0 saturated heterocycles. The molecule has 0 spiro atoms. The summed E-state index contributed by atoms with van der Waals surface area (Å²) in [6.07, 6.45) is 1.47. The van der Waals surface area contributed by atoms with Gasteiger partial charge in [0.2, 0.25) is 6.79 Å². The van der Waals surface area contributed by atoms with Gasteiger partial charge in [-0.1, -0.05) is 12.1 Å². The monoisotopic (exact) mass is 401 g/mol. The Bertz CT molecular complexity index is 1290. The summed E-state index contributed by atoms with van der Waals surface area (Å²) in [7, 11) is 0. The van der Waals surface area contributed by atoms with Crippen molar-refractivity contribution in [3.63, 3.8) is 0 Å². The number of benzene rings is 2. The lowest BCUT2D eigenvalue weighted by Crippen LogP contribution is -2.12. The van der Waals surface area contributed by atoms with Gasteiger partial charge in [-0.05, 0) is 36.4 Å². The van der Waals surface area contributed by atoms with E-state index in [9.17, 15) is 9.59 Å². The van der Waals surface area contributed by atoms with Crippen LogP contribution in [0.25, 0.3) is 22.5 Å². The summed E-state index contributed by atoms with van der Waals surface area (Å²) in [6.45, 7) is 0.176. The van der Waals surface area contributed by atoms with Gasteiger partial charge in [0.05, 0.1) is 23.1 Å². The summed E-state index contributed by atoms with van der Waals surface area (Å²) >= 11 is 0. The van der Waals surface area contributed by atoms with Crippen molar-refractivity contribution >= 4 is 11.6 Å². The van der Waals surface area contributed by atoms with Crippen molar-refractivity contribution in [1.29, 1.82) is 0 Å². The molecule has 0 atom stereocenters. The zero-order chi connectivity index (χ0) is 20.5. The first-order chi connectivity index (χ1) is 14.7. The fourth-order valence-electron chi connectivity index (χ4n) is 3.19. The first kappa shape index (κ1) is 17.7. The third-order valence-corrected chi connectivity index (χ3v) is 4.64. The molecule has 9 nitrogen and oxygen atoms in total. The summed E-state index contributed by atoms with van der Waals surface area (Å²) in [5.74, 6) is 0.967. The van der Waals surface area contributed by atoms with Gasteiger partial charge in [-0.15, -0.1) is 0 Å². The third-order valence-electron chi connectivity index (χ3n) is 4.64. The number of ether oxygens (including phenoxy) is 2. The van der Waals surface area contributed by atoms with Crippen molar-refractivity contribution in [2.24, 2.45) is 0 Å². The summed E-state index contributed by atoms with van der Waals surface area (Å²) < 4.78 is 10.7. The molecule has 0 bridgehead atoms. The number of hydrogen-bond donors (Lipinski definition) is 3. The molecule has 9 heteroatoms. The zero-order valence-electron chi connectivity index (χ0n) is 15.5. The molecular formula is C21H15N5O4. The number of carbonyl (C=O) groups excluding carboxylic acids is 1. The normalized spacial score (nSPS) is 12.0. The molecule has 3 N–H and O–H groups in total. The van der Waals surface area contributed by atoms with Crippen LogP contribution in [0.3, 0.4) is 0 Å². The van der Waals surface area contributed by atoms with E-state index in [0.717, 1.165) is 11.1 Å². The number of nitrogens with zero attached hydrogens (tertiary/aromatic N) is 2. The number of aromatic nitrogens is 4. The van der Waals surface area contributed by atoms with Crippen LogP contribution in [-0.2, 0) is 0 Å². The number of hydrogen-bond acceptors (Lipinski definition) is 6.